The normalized spacial score (nSPS) is 21.6. The molecule has 1 heterocycles. The minimum absolute atomic E-state index is 0.0155. The molecule has 1 aromatic heterocycles. The number of nitrogen functional groups attached to an aromatic ring is 1. The summed E-state index contributed by atoms with van der Waals surface area (Å²) in [5, 5.41) is 14.3. The first-order valence-electron chi connectivity index (χ1n) is 15.6. The van der Waals surface area contributed by atoms with E-state index in [1.54, 1.807) is 5.32 Å². The summed E-state index contributed by atoms with van der Waals surface area (Å²) in [6, 6.07) is -8.90. The summed E-state index contributed by atoms with van der Waals surface area (Å²) < 4.78 is 130. The monoisotopic (exact) mass is 412 g/mol. The Labute approximate surface area is 190 Å². The summed E-state index contributed by atoms with van der Waals surface area (Å²) in [5.74, 6) is -0.910. The third kappa shape index (κ3) is 6.16. The number of hydrogen-bond donors (Lipinski definition) is 4. The lowest BCUT2D eigenvalue weighted by molar-refractivity contribution is -0.115. The summed E-state index contributed by atoms with van der Waals surface area (Å²) in [5.41, 5.74) is 2.65. The molecule has 0 aliphatic heterocycles. The number of aliphatic hydroxyl groups is 1. The van der Waals surface area contributed by atoms with E-state index in [2.05, 4.69) is 10.3 Å². The van der Waals surface area contributed by atoms with E-state index in [0.717, 1.165) is 11.3 Å². The molecular formula is C21H24N4O2S. The summed E-state index contributed by atoms with van der Waals surface area (Å²) in [6.45, 7) is -7.08. The molecule has 0 aliphatic rings. The van der Waals surface area contributed by atoms with Gasteiger partial charge in [-0.1, -0.05) is 42.3 Å². The Balaban J connectivity index is 2.00. The first-order valence-corrected chi connectivity index (χ1v) is 8.46. The lowest BCUT2D eigenvalue weighted by Gasteiger charge is -2.12. The maximum Gasteiger partial charge on any atom is 0.230 e. The van der Waals surface area contributed by atoms with Gasteiger partial charge < -0.3 is 21.5 Å². The molecule has 0 bridgehead atoms. The molecule has 7 heteroatoms. The third-order valence-electron chi connectivity index (χ3n) is 2.99. The molecular weight excluding hydrogens is 372 g/mol. The van der Waals surface area contributed by atoms with E-state index in [4.69, 9.17) is 27.7 Å². The number of thiazole rings is 1. The third-order valence-corrected chi connectivity index (χ3v) is 3.63. The molecule has 2 aromatic carbocycles. The van der Waals surface area contributed by atoms with Crippen molar-refractivity contribution in [2.45, 2.75) is 18.9 Å². The van der Waals surface area contributed by atoms with E-state index in [9.17, 15) is 9.90 Å². The van der Waals surface area contributed by atoms with Gasteiger partial charge in [-0.15, -0.1) is 11.3 Å². The molecule has 0 saturated carbocycles. The first kappa shape index (κ1) is 7.94. The van der Waals surface area contributed by atoms with E-state index < -0.39 is 109 Å². The maximum atomic E-state index is 12.5. The average molecular weight is 413 g/mol. The molecule has 0 spiro atoms. The number of carbonyl (C=O) groups is 1. The van der Waals surface area contributed by atoms with Crippen LogP contribution in [0.3, 0.4) is 0 Å². The van der Waals surface area contributed by atoms with Crippen molar-refractivity contribution >= 4 is 28.1 Å². The van der Waals surface area contributed by atoms with Crippen LogP contribution in [0.15, 0.2) is 59.7 Å². The van der Waals surface area contributed by atoms with E-state index in [1.165, 1.54) is 0 Å². The van der Waals surface area contributed by atoms with E-state index >= 15 is 0 Å². The highest BCUT2D eigenvalue weighted by molar-refractivity contribution is 7.13. The minimum Gasteiger partial charge on any atom is -0.387 e. The molecule has 6 nitrogen and oxygen atoms in total. The second kappa shape index (κ2) is 9.98. The van der Waals surface area contributed by atoms with Gasteiger partial charge in [-0.25, -0.2) is 4.98 Å². The van der Waals surface area contributed by atoms with Crippen molar-refractivity contribution in [2.24, 2.45) is 0 Å². The van der Waals surface area contributed by atoms with Crippen LogP contribution in [-0.2, 0) is 17.6 Å². The van der Waals surface area contributed by atoms with Gasteiger partial charge in [-0.05, 0) is 36.1 Å². The highest BCUT2D eigenvalue weighted by Crippen LogP contribution is 2.14. The average Bonchev–Trinajstić information content (AvgIpc) is 3.22. The van der Waals surface area contributed by atoms with Gasteiger partial charge in [0, 0.05) is 25.8 Å². The van der Waals surface area contributed by atoms with E-state index in [0.29, 0.717) is 0 Å². The van der Waals surface area contributed by atoms with Crippen molar-refractivity contribution in [3.8, 4) is 0 Å². The topological polar surface area (TPSA) is 100 Å². The number of hydrogen-bond acceptors (Lipinski definition) is 6. The van der Waals surface area contributed by atoms with Crippen molar-refractivity contribution in [1.29, 1.82) is 0 Å². The van der Waals surface area contributed by atoms with Crippen molar-refractivity contribution in [1.82, 2.24) is 10.3 Å². The SMILES string of the molecule is [2H]c1sc(N)nc1CC(=O)Nc1c([2H])c([2H])c(C([2H])([2H])C([2H])([2H])NC([2H])([2H])[C@@H](O)c2c([2H])c([2H])c([2H])c([2H])c2[2H])c([2H])c1[2H]. The second-order valence-corrected chi connectivity index (χ2v) is 5.86. The Morgan fingerprint density at radius 1 is 1.25 bits per heavy atom. The van der Waals surface area contributed by atoms with Crippen LogP contribution in [0.1, 0.15) is 44.9 Å². The lowest BCUT2D eigenvalue weighted by Crippen LogP contribution is -2.23. The molecule has 3 rings (SSSR count). The Bertz CT molecular complexity index is 1590. The van der Waals surface area contributed by atoms with Crippen LogP contribution >= 0.6 is 11.3 Å². The van der Waals surface area contributed by atoms with Gasteiger partial charge >= 0.3 is 0 Å². The van der Waals surface area contributed by atoms with Crippen LogP contribution in [0, 0.1) is 0 Å². The fraction of sp³-hybridized carbons (Fsp3) is 0.238. The highest BCUT2D eigenvalue weighted by atomic mass is 32.1. The molecule has 5 N–H and O–H groups in total. The van der Waals surface area contributed by atoms with Crippen molar-refractivity contribution in [2.75, 3.05) is 24.0 Å². The van der Waals surface area contributed by atoms with Crippen molar-refractivity contribution < 1.29 is 31.8 Å². The number of anilines is 2. The molecule has 0 unspecified atom stereocenters. The van der Waals surface area contributed by atoms with Crippen LogP contribution in [0.5, 0.6) is 0 Å². The van der Waals surface area contributed by atoms with Crippen LogP contribution < -0.4 is 16.4 Å². The second-order valence-electron chi connectivity index (χ2n) is 5.04. The van der Waals surface area contributed by atoms with Gasteiger partial charge in [0.2, 0.25) is 5.91 Å². The highest BCUT2D eigenvalue weighted by Gasteiger charge is 2.08. The molecule has 146 valence electrons. The quantitative estimate of drug-likeness (QED) is 0.433. The summed E-state index contributed by atoms with van der Waals surface area (Å²) >= 11 is 0.794. The zero-order valence-corrected chi connectivity index (χ0v) is 14.9. The number of nitrogens with zero attached hydrogens (tertiary/aromatic N) is 1. The van der Waals surface area contributed by atoms with Gasteiger partial charge in [0.05, 0.1) is 31.9 Å². The molecule has 0 aliphatic carbocycles. The summed E-state index contributed by atoms with van der Waals surface area (Å²) in [4.78, 5) is 16.3. The van der Waals surface area contributed by atoms with Crippen LogP contribution in [0.25, 0.3) is 0 Å². The Hall–Kier alpha value is -2.74. The molecule has 1 amide bonds. The van der Waals surface area contributed by atoms with Gasteiger partial charge in [0.25, 0.3) is 0 Å². The van der Waals surface area contributed by atoms with E-state index in [-0.39, 0.29) is 16.2 Å². The largest absolute Gasteiger partial charge is 0.387 e. The predicted molar refractivity (Wildman–Crippen MR) is 113 cm³/mol. The van der Waals surface area contributed by atoms with Gasteiger partial charge in [-0.3, -0.25) is 4.79 Å². The fourth-order valence-corrected chi connectivity index (χ4v) is 2.30. The smallest absolute Gasteiger partial charge is 0.230 e. The maximum absolute atomic E-state index is 12.5. The number of carbonyl (C=O) groups excluding carboxylic acids is 1. The number of nitrogens with one attached hydrogen (secondary N) is 2. The Morgan fingerprint density at radius 3 is 2.68 bits per heavy atom. The molecule has 0 radical (unpaired) electrons. The van der Waals surface area contributed by atoms with Gasteiger partial charge in [-0.2, -0.15) is 0 Å². The number of aliphatic hydroxyl groups excluding tert-OH is 1. The number of rotatable bonds is 9. The zero-order chi connectivity index (χ0) is 33.9. The molecule has 28 heavy (non-hydrogen) atoms. The molecule has 0 saturated heterocycles. The minimum atomic E-state index is -3.64. The first-order chi connectivity index (χ1) is 20.0. The molecule has 1 atom stereocenters. The van der Waals surface area contributed by atoms with E-state index in [1.807, 2.05) is 0 Å². The number of nitrogens with two attached hydrogens (primary N) is 1. The number of benzene rings is 2. The van der Waals surface area contributed by atoms with Gasteiger partial charge in [0.15, 0.2) is 5.13 Å². The lowest BCUT2D eigenvalue weighted by atomic mass is 10.1. The van der Waals surface area contributed by atoms with Crippen LogP contribution in [0.2, 0.25) is 0 Å². The Morgan fingerprint density at radius 2 is 2.00 bits per heavy atom. The Kier molecular flexibility index (Phi) is 2.83. The summed E-state index contributed by atoms with van der Waals surface area (Å²) in [7, 11) is 0. The number of amides is 1. The van der Waals surface area contributed by atoms with Crippen LogP contribution in [0.4, 0.5) is 10.8 Å². The van der Waals surface area contributed by atoms with Crippen molar-refractivity contribution in [3.05, 3.63) is 76.6 Å². The fourth-order valence-electron chi connectivity index (χ4n) is 1.81. The van der Waals surface area contributed by atoms with Gasteiger partial charge in [0.1, 0.15) is 0 Å². The number of aromatic nitrogens is 1. The van der Waals surface area contributed by atoms with Crippen molar-refractivity contribution in [3.63, 3.8) is 0 Å². The summed E-state index contributed by atoms with van der Waals surface area (Å²) in [6.07, 6.45) is -6.76. The molecule has 3 aromatic rings. The molecule has 0 fully saturated rings. The van der Waals surface area contributed by atoms with Crippen LogP contribution in [-0.4, -0.2) is 29.0 Å². The predicted octanol–water partition coefficient (Wildman–Crippen LogP) is 2.77. The standard InChI is InChI=1S/C21H24N4O2S/c22-21-25-18(14-28-21)12-20(27)24-17-8-6-15(7-9-17)10-11-23-13-19(26)16-4-2-1-3-5-16/h1-9,14,19,23,26H,10-13H2,(H2,22,25)(H,24,27)/t19-/m1/s1/i1D,2D,3D,4D,5D,6D,7D,8D,9D,10D2,11D2,13D2,14D. The zero-order valence-electron chi connectivity index (χ0n) is 30.1.